The monoisotopic (exact) mass is 421 g/mol. The Hall–Kier alpha value is -3.28. The number of para-hydroxylation sites is 1. The molecule has 0 saturated carbocycles. The number of fused-ring (bicyclic) bond motifs is 1. The summed E-state index contributed by atoms with van der Waals surface area (Å²) in [5.41, 5.74) is 10.9. The molecule has 0 aliphatic heterocycles. The van der Waals surface area contributed by atoms with Crippen molar-refractivity contribution in [3.8, 4) is 16.9 Å². The van der Waals surface area contributed by atoms with Crippen LogP contribution in [0.5, 0.6) is 5.75 Å². The highest BCUT2D eigenvalue weighted by Gasteiger charge is 2.13. The molecule has 4 rings (SSSR count). The molecule has 152 valence electrons. The molecular formula is C24H20ClNO4. The Morgan fingerprint density at radius 3 is 2.70 bits per heavy atom. The summed E-state index contributed by atoms with van der Waals surface area (Å²) in [6.45, 7) is 0.674. The average molecular weight is 422 g/mol. The van der Waals surface area contributed by atoms with Crippen LogP contribution in [0.15, 0.2) is 71.3 Å². The van der Waals surface area contributed by atoms with E-state index in [0.717, 1.165) is 33.2 Å². The zero-order valence-corrected chi connectivity index (χ0v) is 16.9. The smallest absolute Gasteiger partial charge is 0.307 e. The van der Waals surface area contributed by atoms with E-state index in [1.54, 1.807) is 24.5 Å². The molecule has 0 fully saturated rings. The van der Waals surface area contributed by atoms with Crippen molar-refractivity contribution < 1.29 is 19.1 Å². The van der Waals surface area contributed by atoms with Gasteiger partial charge in [0.1, 0.15) is 17.9 Å². The first-order chi connectivity index (χ1) is 14.5. The van der Waals surface area contributed by atoms with Crippen molar-refractivity contribution in [3.63, 3.8) is 0 Å². The molecular weight excluding hydrogens is 402 g/mol. The van der Waals surface area contributed by atoms with E-state index in [9.17, 15) is 4.79 Å². The Balaban J connectivity index is 1.69. The largest absolute Gasteiger partial charge is 0.489 e. The molecule has 0 spiro atoms. The second kappa shape index (κ2) is 8.61. The van der Waals surface area contributed by atoms with E-state index in [4.69, 9.17) is 31.6 Å². The molecule has 0 aliphatic rings. The van der Waals surface area contributed by atoms with Gasteiger partial charge in [-0.25, -0.2) is 0 Å². The van der Waals surface area contributed by atoms with Gasteiger partial charge < -0.3 is 20.0 Å². The summed E-state index contributed by atoms with van der Waals surface area (Å²) in [4.78, 5) is 11.1. The number of furan rings is 1. The van der Waals surface area contributed by atoms with Gasteiger partial charge in [-0.15, -0.1) is 0 Å². The molecule has 1 aromatic heterocycles. The summed E-state index contributed by atoms with van der Waals surface area (Å²) in [5.74, 6) is -0.341. The van der Waals surface area contributed by atoms with Crippen molar-refractivity contribution in [2.24, 2.45) is 5.73 Å². The van der Waals surface area contributed by atoms with Crippen LogP contribution >= 0.6 is 11.6 Å². The third kappa shape index (κ3) is 4.32. The lowest BCUT2D eigenvalue weighted by atomic mass is 9.99. The molecule has 0 amide bonds. The first-order valence-electron chi connectivity index (χ1n) is 9.46. The summed E-state index contributed by atoms with van der Waals surface area (Å²) in [5, 5.41) is 10.7. The van der Waals surface area contributed by atoms with Gasteiger partial charge in [0.2, 0.25) is 0 Å². The van der Waals surface area contributed by atoms with Crippen LogP contribution in [0.4, 0.5) is 0 Å². The maximum Gasteiger partial charge on any atom is 0.307 e. The number of benzene rings is 3. The highest BCUT2D eigenvalue weighted by Crippen LogP contribution is 2.33. The fraction of sp³-hybridized carbons (Fsp3) is 0.125. The summed E-state index contributed by atoms with van der Waals surface area (Å²) < 4.78 is 11.7. The number of halogens is 1. The summed E-state index contributed by atoms with van der Waals surface area (Å²) in [6.07, 6.45) is 1.56. The van der Waals surface area contributed by atoms with Crippen LogP contribution in [0, 0.1) is 0 Å². The molecule has 0 unspecified atom stereocenters. The highest BCUT2D eigenvalue weighted by atomic mass is 35.5. The number of carbonyl (C=O) groups is 1. The van der Waals surface area contributed by atoms with Gasteiger partial charge in [-0.2, -0.15) is 0 Å². The van der Waals surface area contributed by atoms with Gasteiger partial charge in [-0.1, -0.05) is 29.8 Å². The number of hydrogen-bond donors (Lipinski definition) is 2. The molecule has 3 aromatic carbocycles. The molecule has 6 heteroatoms. The number of aliphatic carboxylic acids is 1. The number of ether oxygens (including phenoxy) is 1. The van der Waals surface area contributed by atoms with Crippen molar-refractivity contribution in [1.29, 1.82) is 0 Å². The fourth-order valence-corrected chi connectivity index (χ4v) is 3.74. The molecule has 0 atom stereocenters. The minimum atomic E-state index is -0.898. The molecule has 0 saturated heterocycles. The van der Waals surface area contributed by atoms with Crippen molar-refractivity contribution in [2.75, 3.05) is 0 Å². The van der Waals surface area contributed by atoms with Crippen LogP contribution in [0.25, 0.3) is 22.1 Å². The molecule has 30 heavy (non-hydrogen) atoms. The van der Waals surface area contributed by atoms with Gasteiger partial charge in [-0.3, -0.25) is 4.79 Å². The summed E-state index contributed by atoms with van der Waals surface area (Å²) in [6, 6.07) is 18.8. The summed E-state index contributed by atoms with van der Waals surface area (Å²) >= 11 is 6.28. The van der Waals surface area contributed by atoms with Crippen LogP contribution in [0.1, 0.15) is 16.7 Å². The van der Waals surface area contributed by atoms with Crippen molar-refractivity contribution in [2.45, 2.75) is 19.6 Å². The minimum absolute atomic E-state index is 0.0907. The van der Waals surface area contributed by atoms with E-state index in [2.05, 4.69) is 0 Å². The molecule has 4 aromatic rings. The Morgan fingerprint density at radius 2 is 1.90 bits per heavy atom. The number of carboxylic acid groups (broad SMARTS) is 1. The zero-order chi connectivity index (χ0) is 21.1. The highest BCUT2D eigenvalue weighted by molar-refractivity contribution is 6.31. The molecule has 5 nitrogen and oxygen atoms in total. The van der Waals surface area contributed by atoms with E-state index >= 15 is 0 Å². The molecule has 0 radical (unpaired) electrons. The lowest BCUT2D eigenvalue weighted by Crippen LogP contribution is -2.04. The molecule has 1 heterocycles. The number of nitrogens with two attached hydrogens (primary N) is 1. The van der Waals surface area contributed by atoms with Gasteiger partial charge >= 0.3 is 5.97 Å². The van der Waals surface area contributed by atoms with Crippen LogP contribution in [-0.2, 0) is 24.4 Å². The Morgan fingerprint density at radius 1 is 1.07 bits per heavy atom. The van der Waals surface area contributed by atoms with E-state index < -0.39 is 5.97 Å². The first-order valence-corrected chi connectivity index (χ1v) is 9.84. The van der Waals surface area contributed by atoms with Gasteiger partial charge in [0.05, 0.1) is 12.7 Å². The molecule has 0 aliphatic carbocycles. The predicted molar refractivity (Wildman–Crippen MR) is 117 cm³/mol. The van der Waals surface area contributed by atoms with E-state index in [1.807, 2.05) is 42.5 Å². The van der Waals surface area contributed by atoms with Crippen molar-refractivity contribution in [3.05, 3.63) is 88.6 Å². The minimum Gasteiger partial charge on any atom is -0.489 e. The maximum absolute atomic E-state index is 11.1. The van der Waals surface area contributed by atoms with E-state index in [-0.39, 0.29) is 13.0 Å². The Bertz CT molecular complexity index is 1220. The predicted octanol–water partition coefficient (Wildman–Crippen LogP) is 5.42. The van der Waals surface area contributed by atoms with E-state index in [1.165, 1.54) is 0 Å². The molecule has 0 bridgehead atoms. The summed E-state index contributed by atoms with van der Waals surface area (Å²) in [7, 11) is 0. The van der Waals surface area contributed by atoms with Crippen LogP contribution in [-0.4, -0.2) is 11.1 Å². The first kappa shape index (κ1) is 20.0. The topological polar surface area (TPSA) is 85.7 Å². The second-order valence-corrected chi connectivity index (χ2v) is 7.44. The van der Waals surface area contributed by atoms with Gasteiger partial charge in [0, 0.05) is 28.1 Å². The van der Waals surface area contributed by atoms with Gasteiger partial charge in [-0.05, 0) is 59.2 Å². The normalized spacial score (nSPS) is 11.0. The van der Waals surface area contributed by atoms with E-state index in [0.29, 0.717) is 22.9 Å². The van der Waals surface area contributed by atoms with Crippen LogP contribution in [0.3, 0.4) is 0 Å². The number of rotatable bonds is 7. The van der Waals surface area contributed by atoms with Crippen LogP contribution < -0.4 is 10.5 Å². The third-order valence-electron chi connectivity index (χ3n) is 4.82. The number of carboxylic acids is 1. The fourth-order valence-electron chi connectivity index (χ4n) is 3.48. The lowest BCUT2D eigenvalue weighted by molar-refractivity contribution is -0.136. The standard InChI is InChI=1S/C24H20ClNO4/c25-20-9-15(13-26)7-19(11-20)21-10-16(8-18-5-6-29-24(18)21)14-30-22-4-2-1-3-17(22)12-23(27)28/h1-11H,12-14,26H2,(H,27,28). The Labute approximate surface area is 178 Å². The molecule has 3 N–H and O–H groups in total. The number of hydrogen-bond acceptors (Lipinski definition) is 4. The lowest BCUT2D eigenvalue weighted by Gasteiger charge is -2.12. The third-order valence-corrected chi connectivity index (χ3v) is 5.04. The second-order valence-electron chi connectivity index (χ2n) is 7.00. The van der Waals surface area contributed by atoms with Crippen LogP contribution in [0.2, 0.25) is 5.02 Å². The van der Waals surface area contributed by atoms with Gasteiger partial charge in [0.15, 0.2) is 0 Å². The average Bonchev–Trinajstić information content (AvgIpc) is 3.20. The Kier molecular flexibility index (Phi) is 5.74. The zero-order valence-electron chi connectivity index (χ0n) is 16.1. The SMILES string of the molecule is NCc1cc(Cl)cc(-c2cc(COc3ccccc3CC(=O)O)cc3ccoc23)c1. The van der Waals surface area contributed by atoms with Crippen molar-refractivity contribution >= 4 is 28.5 Å². The quantitative estimate of drug-likeness (QED) is 0.416. The maximum atomic E-state index is 11.1. The van der Waals surface area contributed by atoms with Crippen molar-refractivity contribution in [1.82, 2.24) is 0 Å². The van der Waals surface area contributed by atoms with Gasteiger partial charge in [0.25, 0.3) is 0 Å².